The lowest BCUT2D eigenvalue weighted by Crippen LogP contribution is -2.31. The van der Waals surface area contributed by atoms with E-state index in [1.807, 2.05) is 0 Å². The lowest BCUT2D eigenvalue weighted by atomic mass is 10.4. The predicted molar refractivity (Wildman–Crippen MR) is 65.8 cm³/mol. The maximum absolute atomic E-state index is 9.60. The zero-order valence-corrected chi connectivity index (χ0v) is 12.2. The SMILES string of the molecule is C=C(C)C(=O)O.C[SiH](C)O[Si](C)(C)C. The number of aliphatic carboxylic acids is 1. The summed E-state index contributed by atoms with van der Waals surface area (Å²) in [4.78, 5) is 9.60. The van der Waals surface area contributed by atoms with Crippen molar-refractivity contribution in [3.63, 3.8) is 0 Å². The molecule has 0 saturated carbocycles. The van der Waals surface area contributed by atoms with Gasteiger partial charge < -0.3 is 9.22 Å². The summed E-state index contributed by atoms with van der Waals surface area (Å²) in [7, 11) is -1.89. The van der Waals surface area contributed by atoms with Gasteiger partial charge in [0.25, 0.3) is 0 Å². The van der Waals surface area contributed by atoms with Crippen LogP contribution >= 0.6 is 0 Å². The first-order valence-electron chi connectivity index (χ1n) is 4.63. The Labute approximate surface area is 89.6 Å². The fourth-order valence-corrected chi connectivity index (χ4v) is 6.36. The molecule has 0 rings (SSSR count). The minimum atomic E-state index is -1.16. The molecule has 84 valence electrons. The molecule has 0 spiro atoms. The van der Waals surface area contributed by atoms with Gasteiger partial charge in [-0.15, -0.1) is 0 Å². The molecule has 1 N–H and O–H groups in total. The van der Waals surface area contributed by atoms with E-state index in [0.29, 0.717) is 0 Å². The van der Waals surface area contributed by atoms with Crippen LogP contribution in [0.25, 0.3) is 0 Å². The van der Waals surface area contributed by atoms with E-state index in [1.54, 1.807) is 0 Å². The zero-order chi connectivity index (χ0) is 11.9. The Morgan fingerprint density at radius 1 is 1.36 bits per heavy atom. The maximum atomic E-state index is 9.60. The summed E-state index contributed by atoms with van der Waals surface area (Å²) in [5.74, 6) is -0.935. The quantitative estimate of drug-likeness (QED) is 0.603. The molecule has 0 aromatic rings. The monoisotopic (exact) mass is 234 g/mol. The molecule has 0 heterocycles. The third-order valence-electron chi connectivity index (χ3n) is 0.954. The molecule has 0 aliphatic carbocycles. The Morgan fingerprint density at radius 2 is 1.64 bits per heavy atom. The van der Waals surface area contributed by atoms with Gasteiger partial charge in [-0.2, -0.15) is 0 Å². The number of rotatable bonds is 3. The number of carboxylic acid groups (broad SMARTS) is 1. The summed E-state index contributed by atoms with van der Waals surface area (Å²) >= 11 is 0. The molecule has 0 unspecified atom stereocenters. The normalized spacial score (nSPS) is 10.5. The van der Waals surface area contributed by atoms with Crippen molar-refractivity contribution in [3.05, 3.63) is 12.2 Å². The van der Waals surface area contributed by atoms with Crippen molar-refractivity contribution in [1.29, 1.82) is 0 Å². The van der Waals surface area contributed by atoms with E-state index >= 15 is 0 Å². The van der Waals surface area contributed by atoms with Gasteiger partial charge in [-0.3, -0.25) is 0 Å². The van der Waals surface area contributed by atoms with E-state index in [-0.39, 0.29) is 5.57 Å². The molecule has 0 aliphatic heterocycles. The van der Waals surface area contributed by atoms with Crippen LogP contribution in [0.4, 0.5) is 0 Å². The molecule has 0 radical (unpaired) electrons. The molecule has 0 saturated heterocycles. The zero-order valence-electron chi connectivity index (χ0n) is 10.0. The third kappa shape index (κ3) is 17.6. The van der Waals surface area contributed by atoms with Crippen molar-refractivity contribution in [3.8, 4) is 0 Å². The fraction of sp³-hybridized carbons (Fsp3) is 0.667. The van der Waals surface area contributed by atoms with Crippen LogP contribution in [-0.2, 0) is 8.91 Å². The molecule has 0 aliphatic rings. The van der Waals surface area contributed by atoms with E-state index in [1.165, 1.54) is 6.92 Å². The number of carbonyl (C=O) groups is 1. The van der Waals surface area contributed by atoms with Gasteiger partial charge in [-0.25, -0.2) is 4.79 Å². The molecule has 0 fully saturated rings. The van der Waals surface area contributed by atoms with Crippen molar-refractivity contribution >= 4 is 23.3 Å². The van der Waals surface area contributed by atoms with Crippen molar-refractivity contribution in [1.82, 2.24) is 0 Å². The molecule has 0 atom stereocenters. The Kier molecular flexibility index (Phi) is 7.99. The van der Waals surface area contributed by atoms with E-state index in [0.717, 1.165) is 0 Å². The largest absolute Gasteiger partial charge is 0.478 e. The van der Waals surface area contributed by atoms with Crippen LogP contribution in [0.5, 0.6) is 0 Å². The maximum Gasteiger partial charge on any atom is 0.330 e. The van der Waals surface area contributed by atoms with Gasteiger partial charge in [0.1, 0.15) is 0 Å². The fourth-order valence-electron chi connectivity index (χ4n) is 0.707. The first-order valence-corrected chi connectivity index (χ1v) is 10.8. The van der Waals surface area contributed by atoms with Crippen molar-refractivity contribution in [2.24, 2.45) is 0 Å². The van der Waals surface area contributed by atoms with Crippen LogP contribution in [-0.4, -0.2) is 28.4 Å². The molecule has 0 amide bonds. The molecule has 14 heavy (non-hydrogen) atoms. The molecular formula is C9H22O3Si2. The summed E-state index contributed by atoms with van der Waals surface area (Å²) in [6.45, 7) is 15.8. The highest BCUT2D eigenvalue weighted by Crippen LogP contribution is 2.03. The lowest BCUT2D eigenvalue weighted by Gasteiger charge is -2.19. The third-order valence-corrected chi connectivity index (χ3v) is 5.67. The van der Waals surface area contributed by atoms with E-state index in [4.69, 9.17) is 9.22 Å². The molecule has 0 bridgehead atoms. The van der Waals surface area contributed by atoms with Crippen LogP contribution in [0.3, 0.4) is 0 Å². The summed E-state index contributed by atoms with van der Waals surface area (Å²) in [5.41, 5.74) is 0.176. The van der Waals surface area contributed by atoms with Crippen LogP contribution in [0.1, 0.15) is 6.92 Å². The van der Waals surface area contributed by atoms with Gasteiger partial charge in [0.15, 0.2) is 17.4 Å². The number of hydrogen-bond acceptors (Lipinski definition) is 2. The van der Waals surface area contributed by atoms with E-state index in [2.05, 4.69) is 39.3 Å². The average Bonchev–Trinajstić information content (AvgIpc) is 1.81. The topological polar surface area (TPSA) is 46.5 Å². The molecule has 3 nitrogen and oxygen atoms in total. The second kappa shape index (κ2) is 6.97. The minimum absolute atomic E-state index is 0.176. The van der Waals surface area contributed by atoms with Gasteiger partial charge in [0.05, 0.1) is 0 Å². The van der Waals surface area contributed by atoms with Crippen LogP contribution < -0.4 is 0 Å². The molecule has 0 aromatic carbocycles. The Hall–Kier alpha value is -0.396. The highest BCUT2D eigenvalue weighted by Gasteiger charge is 2.14. The van der Waals surface area contributed by atoms with E-state index < -0.39 is 23.3 Å². The summed E-state index contributed by atoms with van der Waals surface area (Å²) < 4.78 is 5.72. The van der Waals surface area contributed by atoms with Crippen LogP contribution in [0.2, 0.25) is 32.7 Å². The summed E-state index contributed by atoms with van der Waals surface area (Å²) in [6, 6.07) is 0. The first kappa shape index (κ1) is 16.0. The first-order chi connectivity index (χ1) is 6.06. The van der Waals surface area contributed by atoms with Crippen molar-refractivity contribution in [2.75, 3.05) is 0 Å². The lowest BCUT2D eigenvalue weighted by molar-refractivity contribution is -0.132. The standard InChI is InChI=1S/C5H16OSi2.C4H6O2/c1-7(2)6-8(3,4)5;1-3(2)4(5)6/h7H,1-5H3;1H2,2H3,(H,5,6). The highest BCUT2D eigenvalue weighted by atomic mass is 28.4. The predicted octanol–water partition coefficient (Wildman–Crippen LogP) is 2.47. The van der Waals surface area contributed by atoms with Gasteiger partial charge in [-0.1, -0.05) is 6.58 Å². The van der Waals surface area contributed by atoms with Crippen molar-refractivity contribution < 1.29 is 14.0 Å². The second-order valence-corrected chi connectivity index (χ2v) is 11.6. The second-order valence-electron chi connectivity index (χ2n) is 4.36. The van der Waals surface area contributed by atoms with Crippen LogP contribution in [0.15, 0.2) is 12.2 Å². The number of carboxylic acids is 1. The molecule has 0 aromatic heterocycles. The Bertz CT molecular complexity index is 183. The van der Waals surface area contributed by atoms with Crippen molar-refractivity contribution in [2.45, 2.75) is 39.7 Å². The number of hydrogen-bond donors (Lipinski definition) is 1. The molecular weight excluding hydrogens is 212 g/mol. The Balaban J connectivity index is 0. The smallest absolute Gasteiger partial charge is 0.330 e. The van der Waals surface area contributed by atoms with Gasteiger partial charge in [0, 0.05) is 5.57 Å². The molecule has 5 heteroatoms. The van der Waals surface area contributed by atoms with Crippen LogP contribution in [0, 0.1) is 0 Å². The Morgan fingerprint density at radius 3 is 1.64 bits per heavy atom. The van der Waals surface area contributed by atoms with E-state index in [9.17, 15) is 4.79 Å². The average molecular weight is 234 g/mol. The minimum Gasteiger partial charge on any atom is -0.478 e. The van der Waals surface area contributed by atoms with Gasteiger partial charge >= 0.3 is 5.97 Å². The van der Waals surface area contributed by atoms with Gasteiger partial charge in [-0.05, 0) is 39.7 Å². The van der Waals surface area contributed by atoms with Gasteiger partial charge in [0.2, 0.25) is 0 Å². The highest BCUT2D eigenvalue weighted by molar-refractivity contribution is 6.76. The summed E-state index contributed by atoms with van der Waals surface area (Å²) in [6.07, 6.45) is 0. The summed E-state index contributed by atoms with van der Waals surface area (Å²) in [5, 5.41) is 7.89.